The van der Waals surface area contributed by atoms with E-state index >= 15 is 0 Å². The maximum Gasteiger partial charge on any atom is 0.144 e. The molecule has 0 N–H and O–H groups in total. The monoisotopic (exact) mass is 302 g/mol. The molecule has 21 heavy (non-hydrogen) atoms. The topological polar surface area (TPSA) is 17.1 Å². The van der Waals surface area contributed by atoms with Gasteiger partial charge >= 0.3 is 0 Å². The van der Waals surface area contributed by atoms with Crippen LogP contribution in [0.3, 0.4) is 0 Å². The molecule has 0 spiro atoms. The van der Waals surface area contributed by atoms with Crippen LogP contribution >= 0.6 is 11.6 Å². The van der Waals surface area contributed by atoms with Crippen LogP contribution in [0, 0.1) is 5.82 Å². The SMILES string of the molecule is O=C(Cc1ccc(Cl)cc1F)C1CCCc2ccccc21. The maximum atomic E-state index is 13.8. The quantitative estimate of drug-likeness (QED) is 0.802. The van der Waals surface area contributed by atoms with E-state index in [0.29, 0.717) is 10.6 Å². The number of rotatable bonds is 3. The number of hydrogen-bond acceptors (Lipinski definition) is 1. The summed E-state index contributed by atoms with van der Waals surface area (Å²) >= 11 is 5.74. The highest BCUT2D eigenvalue weighted by Crippen LogP contribution is 2.33. The Hall–Kier alpha value is -1.67. The van der Waals surface area contributed by atoms with E-state index in [0.717, 1.165) is 24.8 Å². The van der Waals surface area contributed by atoms with Gasteiger partial charge in [0.05, 0.1) is 0 Å². The minimum Gasteiger partial charge on any atom is -0.299 e. The van der Waals surface area contributed by atoms with Crippen LogP contribution in [0.4, 0.5) is 4.39 Å². The first-order valence-electron chi connectivity index (χ1n) is 7.19. The Balaban J connectivity index is 1.83. The molecule has 0 radical (unpaired) electrons. The molecule has 0 saturated carbocycles. The molecule has 1 nitrogen and oxygen atoms in total. The minimum absolute atomic E-state index is 0.0865. The van der Waals surface area contributed by atoms with Gasteiger partial charge in [0, 0.05) is 17.4 Å². The number of halogens is 2. The van der Waals surface area contributed by atoms with Gasteiger partial charge in [-0.1, -0.05) is 41.9 Å². The van der Waals surface area contributed by atoms with Crippen molar-refractivity contribution in [1.82, 2.24) is 0 Å². The highest BCUT2D eigenvalue weighted by Gasteiger charge is 2.26. The van der Waals surface area contributed by atoms with Crippen molar-refractivity contribution >= 4 is 17.4 Å². The Kier molecular flexibility index (Phi) is 4.07. The molecule has 0 heterocycles. The van der Waals surface area contributed by atoms with E-state index in [4.69, 9.17) is 11.6 Å². The van der Waals surface area contributed by atoms with Crippen LogP contribution in [0.2, 0.25) is 5.02 Å². The zero-order chi connectivity index (χ0) is 14.8. The van der Waals surface area contributed by atoms with Gasteiger partial charge in [0.1, 0.15) is 11.6 Å². The first-order valence-corrected chi connectivity index (χ1v) is 7.57. The summed E-state index contributed by atoms with van der Waals surface area (Å²) < 4.78 is 13.8. The second kappa shape index (κ2) is 5.98. The number of aryl methyl sites for hydroxylation is 1. The lowest BCUT2D eigenvalue weighted by Gasteiger charge is -2.24. The number of ketones is 1. The Morgan fingerprint density at radius 2 is 2.05 bits per heavy atom. The third kappa shape index (κ3) is 3.01. The smallest absolute Gasteiger partial charge is 0.144 e. The van der Waals surface area contributed by atoms with Crippen LogP contribution in [0.15, 0.2) is 42.5 Å². The molecule has 2 aromatic rings. The number of Topliss-reactive ketones (excluding diaryl/α,β-unsaturated/α-hetero) is 1. The molecule has 1 atom stereocenters. The number of carbonyl (C=O) groups excluding carboxylic acids is 1. The van der Waals surface area contributed by atoms with Gasteiger partial charge in [0.25, 0.3) is 0 Å². The Morgan fingerprint density at radius 1 is 1.24 bits per heavy atom. The van der Waals surface area contributed by atoms with Crippen molar-refractivity contribution in [1.29, 1.82) is 0 Å². The maximum absolute atomic E-state index is 13.8. The lowest BCUT2D eigenvalue weighted by Crippen LogP contribution is -2.20. The van der Waals surface area contributed by atoms with Gasteiger partial charge in [-0.25, -0.2) is 4.39 Å². The highest BCUT2D eigenvalue weighted by molar-refractivity contribution is 6.30. The molecule has 1 aliphatic rings. The van der Waals surface area contributed by atoms with Gasteiger partial charge in [-0.15, -0.1) is 0 Å². The fourth-order valence-electron chi connectivity index (χ4n) is 3.06. The summed E-state index contributed by atoms with van der Waals surface area (Å²) in [6.07, 6.45) is 3.01. The van der Waals surface area contributed by atoms with E-state index < -0.39 is 5.82 Å². The van der Waals surface area contributed by atoms with Gasteiger partial charge in [0.2, 0.25) is 0 Å². The zero-order valence-corrected chi connectivity index (χ0v) is 12.4. The molecular weight excluding hydrogens is 287 g/mol. The molecule has 0 amide bonds. The molecule has 108 valence electrons. The molecule has 0 bridgehead atoms. The number of benzene rings is 2. The Morgan fingerprint density at radius 3 is 2.86 bits per heavy atom. The lowest BCUT2D eigenvalue weighted by molar-refractivity contribution is -0.120. The summed E-state index contributed by atoms with van der Waals surface area (Å²) in [6, 6.07) is 12.6. The van der Waals surface area contributed by atoms with Gasteiger partial charge in [0.15, 0.2) is 0 Å². The van der Waals surface area contributed by atoms with Crippen LogP contribution in [-0.4, -0.2) is 5.78 Å². The van der Waals surface area contributed by atoms with E-state index in [9.17, 15) is 9.18 Å². The van der Waals surface area contributed by atoms with Crippen molar-refractivity contribution in [3.63, 3.8) is 0 Å². The summed E-state index contributed by atoms with van der Waals surface area (Å²) in [6.45, 7) is 0. The first-order chi connectivity index (χ1) is 10.1. The molecule has 0 fully saturated rings. The van der Waals surface area contributed by atoms with Gasteiger partial charge < -0.3 is 0 Å². The molecule has 1 unspecified atom stereocenters. The molecule has 1 aliphatic carbocycles. The molecule has 0 saturated heterocycles. The van der Waals surface area contributed by atoms with Crippen LogP contribution in [-0.2, 0) is 17.6 Å². The number of fused-ring (bicyclic) bond motifs is 1. The standard InChI is InChI=1S/C18H16ClFO/c19-14-9-8-13(17(20)11-14)10-18(21)16-7-3-5-12-4-1-2-6-15(12)16/h1-2,4,6,8-9,11,16H,3,5,7,10H2. The van der Waals surface area contributed by atoms with E-state index in [1.54, 1.807) is 12.1 Å². The van der Waals surface area contributed by atoms with E-state index in [1.165, 1.54) is 11.6 Å². The molecule has 0 aliphatic heterocycles. The average molecular weight is 303 g/mol. The van der Waals surface area contributed by atoms with Crippen molar-refractivity contribution in [3.05, 3.63) is 70.0 Å². The second-order valence-electron chi connectivity index (χ2n) is 5.52. The predicted molar refractivity (Wildman–Crippen MR) is 82.2 cm³/mol. The van der Waals surface area contributed by atoms with Crippen LogP contribution in [0.5, 0.6) is 0 Å². The van der Waals surface area contributed by atoms with Gasteiger partial charge in [-0.05, 0) is 48.1 Å². The van der Waals surface area contributed by atoms with Crippen LogP contribution < -0.4 is 0 Å². The molecule has 0 aromatic heterocycles. The van der Waals surface area contributed by atoms with Crippen molar-refractivity contribution in [2.45, 2.75) is 31.6 Å². The van der Waals surface area contributed by atoms with Crippen molar-refractivity contribution in [2.24, 2.45) is 0 Å². The van der Waals surface area contributed by atoms with E-state index in [1.807, 2.05) is 18.2 Å². The van der Waals surface area contributed by atoms with E-state index in [-0.39, 0.29) is 18.1 Å². The largest absolute Gasteiger partial charge is 0.299 e. The van der Waals surface area contributed by atoms with Crippen molar-refractivity contribution < 1.29 is 9.18 Å². The fraction of sp³-hybridized carbons (Fsp3) is 0.278. The third-order valence-electron chi connectivity index (χ3n) is 4.14. The summed E-state index contributed by atoms with van der Waals surface area (Å²) in [5, 5.41) is 0.353. The van der Waals surface area contributed by atoms with E-state index in [2.05, 4.69) is 6.07 Å². The van der Waals surface area contributed by atoms with Crippen molar-refractivity contribution in [3.8, 4) is 0 Å². The summed E-state index contributed by atoms with van der Waals surface area (Å²) in [5.41, 5.74) is 2.79. The predicted octanol–water partition coefficient (Wildman–Crippen LogP) is 4.71. The summed E-state index contributed by atoms with van der Waals surface area (Å²) in [4.78, 5) is 12.6. The van der Waals surface area contributed by atoms with Gasteiger partial charge in [-0.3, -0.25) is 4.79 Å². The number of hydrogen-bond donors (Lipinski definition) is 0. The zero-order valence-electron chi connectivity index (χ0n) is 11.6. The van der Waals surface area contributed by atoms with Gasteiger partial charge in [-0.2, -0.15) is 0 Å². The van der Waals surface area contributed by atoms with Crippen molar-refractivity contribution in [2.75, 3.05) is 0 Å². The number of carbonyl (C=O) groups is 1. The second-order valence-corrected chi connectivity index (χ2v) is 5.96. The average Bonchev–Trinajstić information content (AvgIpc) is 2.49. The first kappa shape index (κ1) is 14.3. The highest BCUT2D eigenvalue weighted by atomic mass is 35.5. The Labute approximate surface area is 128 Å². The summed E-state index contributed by atoms with van der Waals surface area (Å²) in [5.74, 6) is -0.423. The molecule has 3 rings (SSSR count). The van der Waals surface area contributed by atoms with Crippen LogP contribution in [0.25, 0.3) is 0 Å². The third-order valence-corrected chi connectivity index (χ3v) is 4.37. The summed E-state index contributed by atoms with van der Waals surface area (Å²) in [7, 11) is 0. The molecular formula is C18H16ClFO. The normalized spacial score (nSPS) is 17.3. The lowest BCUT2D eigenvalue weighted by atomic mass is 9.79. The Bertz CT molecular complexity index is 681. The molecule has 3 heteroatoms. The minimum atomic E-state index is -0.403. The van der Waals surface area contributed by atoms with Crippen LogP contribution in [0.1, 0.15) is 35.4 Å². The fourth-order valence-corrected chi connectivity index (χ4v) is 3.22. The molecule has 2 aromatic carbocycles.